The monoisotopic (exact) mass is 406 g/mol. The van der Waals surface area contributed by atoms with Crippen LogP contribution in [-0.4, -0.2) is 52.0 Å². The second-order valence-electron chi connectivity index (χ2n) is 6.69. The number of amides is 1. The minimum Gasteiger partial charge on any atom is -0.383 e. The molecule has 2 atom stereocenters. The highest BCUT2D eigenvalue weighted by molar-refractivity contribution is 7.89. The molecule has 1 N–H and O–H groups in total. The van der Waals surface area contributed by atoms with Crippen LogP contribution in [-0.2, 0) is 19.6 Å². The van der Waals surface area contributed by atoms with Gasteiger partial charge in [0.2, 0.25) is 15.9 Å². The van der Waals surface area contributed by atoms with Crippen molar-refractivity contribution in [3.63, 3.8) is 0 Å². The summed E-state index contributed by atoms with van der Waals surface area (Å²) in [5, 5.41) is 2.77. The van der Waals surface area contributed by atoms with Crippen molar-refractivity contribution >= 4 is 15.9 Å². The molecule has 28 heavy (non-hydrogen) atoms. The van der Waals surface area contributed by atoms with E-state index in [4.69, 9.17) is 4.74 Å². The van der Waals surface area contributed by atoms with Gasteiger partial charge in [0.05, 0.1) is 17.4 Å². The standard InChI is InChI=1S/C20H23FN2O4S/c1-27-11-10-22-20(24)19-14-23(28(25,26)17-8-3-2-4-9-17)13-18(19)15-6-5-7-16(21)12-15/h2-9,12,18-19H,10-11,13-14H2,1H3,(H,22,24). The van der Waals surface area contributed by atoms with Gasteiger partial charge >= 0.3 is 0 Å². The molecular formula is C20H23FN2O4S. The van der Waals surface area contributed by atoms with E-state index in [-0.39, 0.29) is 23.9 Å². The molecule has 2 aromatic carbocycles. The molecule has 150 valence electrons. The van der Waals surface area contributed by atoms with Crippen LogP contribution in [0.15, 0.2) is 59.5 Å². The topological polar surface area (TPSA) is 75.7 Å². The lowest BCUT2D eigenvalue weighted by Gasteiger charge is -2.18. The molecule has 2 unspecified atom stereocenters. The van der Waals surface area contributed by atoms with Crippen LogP contribution >= 0.6 is 0 Å². The lowest BCUT2D eigenvalue weighted by molar-refractivity contribution is -0.125. The van der Waals surface area contributed by atoms with E-state index in [2.05, 4.69) is 5.32 Å². The quantitative estimate of drug-likeness (QED) is 0.714. The molecule has 1 aliphatic heterocycles. The van der Waals surface area contributed by atoms with Crippen LogP contribution in [0.3, 0.4) is 0 Å². The average molecular weight is 406 g/mol. The molecule has 0 aromatic heterocycles. The van der Waals surface area contributed by atoms with Crippen LogP contribution in [0, 0.1) is 11.7 Å². The number of hydrogen-bond donors (Lipinski definition) is 1. The van der Waals surface area contributed by atoms with E-state index in [9.17, 15) is 17.6 Å². The van der Waals surface area contributed by atoms with Gasteiger partial charge in [0, 0.05) is 32.7 Å². The third-order valence-electron chi connectivity index (χ3n) is 4.89. The van der Waals surface area contributed by atoms with Crippen molar-refractivity contribution in [3.05, 3.63) is 66.0 Å². The number of ether oxygens (including phenoxy) is 1. The number of rotatable bonds is 7. The SMILES string of the molecule is COCCNC(=O)C1CN(S(=O)(=O)c2ccccc2)CC1c1cccc(F)c1. The fraction of sp³-hybridized carbons (Fsp3) is 0.350. The maximum absolute atomic E-state index is 13.7. The molecule has 1 saturated heterocycles. The highest BCUT2D eigenvalue weighted by atomic mass is 32.2. The van der Waals surface area contributed by atoms with Gasteiger partial charge in [-0.2, -0.15) is 4.31 Å². The predicted octanol–water partition coefficient (Wildman–Crippen LogP) is 1.99. The molecule has 1 fully saturated rings. The summed E-state index contributed by atoms with van der Waals surface area (Å²) < 4.78 is 46.0. The first-order valence-corrected chi connectivity index (χ1v) is 10.4. The van der Waals surface area contributed by atoms with Gasteiger partial charge in [0.1, 0.15) is 5.82 Å². The Labute approximate surface area is 164 Å². The second kappa shape index (κ2) is 8.81. The zero-order chi connectivity index (χ0) is 20.1. The zero-order valence-electron chi connectivity index (χ0n) is 15.5. The number of carbonyl (C=O) groups excluding carboxylic acids is 1. The van der Waals surface area contributed by atoms with Crippen molar-refractivity contribution < 1.29 is 22.3 Å². The molecule has 2 aromatic rings. The van der Waals surface area contributed by atoms with E-state index >= 15 is 0 Å². The summed E-state index contributed by atoms with van der Waals surface area (Å²) >= 11 is 0. The fourth-order valence-electron chi connectivity index (χ4n) is 3.45. The van der Waals surface area contributed by atoms with Gasteiger partial charge < -0.3 is 10.1 Å². The summed E-state index contributed by atoms with van der Waals surface area (Å²) in [6.07, 6.45) is 0. The Hall–Kier alpha value is -2.29. The molecule has 0 radical (unpaired) electrons. The Kier molecular flexibility index (Phi) is 6.43. The van der Waals surface area contributed by atoms with Crippen LogP contribution in [0.2, 0.25) is 0 Å². The molecule has 6 nitrogen and oxygen atoms in total. The first kappa shape index (κ1) is 20.4. The van der Waals surface area contributed by atoms with Crippen molar-refractivity contribution in [1.82, 2.24) is 9.62 Å². The van der Waals surface area contributed by atoms with Gasteiger partial charge in [0.15, 0.2) is 0 Å². The lowest BCUT2D eigenvalue weighted by atomic mass is 9.88. The van der Waals surface area contributed by atoms with Crippen molar-refractivity contribution in [2.24, 2.45) is 5.92 Å². The largest absolute Gasteiger partial charge is 0.383 e. The summed E-state index contributed by atoms with van der Waals surface area (Å²) in [7, 11) is -2.21. The third kappa shape index (κ3) is 4.40. The van der Waals surface area contributed by atoms with Gasteiger partial charge in [-0.15, -0.1) is 0 Å². The van der Waals surface area contributed by atoms with Gasteiger partial charge in [-0.3, -0.25) is 4.79 Å². The van der Waals surface area contributed by atoms with Gasteiger partial charge in [-0.1, -0.05) is 30.3 Å². The number of benzene rings is 2. The van der Waals surface area contributed by atoms with Crippen molar-refractivity contribution in [2.75, 3.05) is 33.4 Å². The summed E-state index contributed by atoms with van der Waals surface area (Å²) in [5.74, 6) is -1.73. The fourth-order valence-corrected chi connectivity index (χ4v) is 4.97. The average Bonchev–Trinajstić information content (AvgIpc) is 3.15. The predicted molar refractivity (Wildman–Crippen MR) is 103 cm³/mol. The molecule has 1 heterocycles. The van der Waals surface area contributed by atoms with Crippen LogP contribution in [0.25, 0.3) is 0 Å². The molecular weight excluding hydrogens is 383 g/mol. The lowest BCUT2D eigenvalue weighted by Crippen LogP contribution is -2.37. The van der Waals surface area contributed by atoms with Crippen molar-refractivity contribution in [1.29, 1.82) is 0 Å². The van der Waals surface area contributed by atoms with Crippen molar-refractivity contribution in [3.8, 4) is 0 Å². The summed E-state index contributed by atoms with van der Waals surface area (Å²) in [6.45, 7) is 0.836. The summed E-state index contributed by atoms with van der Waals surface area (Å²) in [4.78, 5) is 12.9. The van der Waals surface area contributed by atoms with E-state index in [0.717, 1.165) is 0 Å². The van der Waals surface area contributed by atoms with E-state index in [1.807, 2.05) is 0 Å². The van der Waals surface area contributed by atoms with E-state index < -0.39 is 27.7 Å². The number of halogens is 1. The minimum atomic E-state index is -3.75. The summed E-state index contributed by atoms with van der Waals surface area (Å²) in [5.41, 5.74) is 0.609. The Morgan fingerprint density at radius 3 is 2.61 bits per heavy atom. The molecule has 1 aliphatic rings. The summed E-state index contributed by atoms with van der Waals surface area (Å²) in [6, 6.07) is 14.1. The zero-order valence-corrected chi connectivity index (χ0v) is 16.4. The van der Waals surface area contributed by atoms with E-state index in [1.165, 1.54) is 35.7 Å². The second-order valence-corrected chi connectivity index (χ2v) is 8.62. The first-order chi connectivity index (χ1) is 13.4. The highest BCUT2D eigenvalue weighted by Crippen LogP contribution is 2.36. The van der Waals surface area contributed by atoms with Gasteiger partial charge in [-0.25, -0.2) is 12.8 Å². The minimum absolute atomic E-state index is 0.0389. The van der Waals surface area contributed by atoms with E-state index in [0.29, 0.717) is 18.7 Å². The number of hydrogen-bond acceptors (Lipinski definition) is 4. The molecule has 1 amide bonds. The first-order valence-electron chi connectivity index (χ1n) is 9.01. The van der Waals surface area contributed by atoms with Crippen LogP contribution in [0.1, 0.15) is 11.5 Å². The Morgan fingerprint density at radius 1 is 1.18 bits per heavy atom. The van der Waals surface area contributed by atoms with Crippen LogP contribution in [0.4, 0.5) is 4.39 Å². The maximum Gasteiger partial charge on any atom is 0.243 e. The molecule has 0 saturated carbocycles. The Bertz CT molecular complexity index is 921. The van der Waals surface area contributed by atoms with Gasteiger partial charge in [-0.05, 0) is 29.8 Å². The number of nitrogens with one attached hydrogen (secondary N) is 1. The maximum atomic E-state index is 13.7. The normalized spacial score (nSPS) is 20.2. The molecule has 8 heteroatoms. The number of sulfonamides is 1. The van der Waals surface area contributed by atoms with Crippen LogP contribution in [0.5, 0.6) is 0 Å². The Balaban J connectivity index is 1.89. The van der Waals surface area contributed by atoms with Crippen molar-refractivity contribution in [2.45, 2.75) is 10.8 Å². The number of carbonyl (C=O) groups is 1. The number of methoxy groups -OCH3 is 1. The van der Waals surface area contributed by atoms with Crippen LogP contribution < -0.4 is 5.32 Å². The molecule has 0 spiro atoms. The van der Waals surface area contributed by atoms with E-state index in [1.54, 1.807) is 30.3 Å². The number of nitrogens with zero attached hydrogens (tertiary/aromatic N) is 1. The third-order valence-corrected chi connectivity index (χ3v) is 6.73. The smallest absolute Gasteiger partial charge is 0.243 e. The molecule has 0 bridgehead atoms. The highest BCUT2D eigenvalue weighted by Gasteiger charge is 2.43. The molecule has 0 aliphatic carbocycles. The van der Waals surface area contributed by atoms with Gasteiger partial charge in [0.25, 0.3) is 0 Å². The molecule has 3 rings (SSSR count). The Morgan fingerprint density at radius 2 is 1.93 bits per heavy atom.